The Bertz CT molecular complexity index is 645. The van der Waals surface area contributed by atoms with Crippen molar-refractivity contribution >= 4 is 5.91 Å². The van der Waals surface area contributed by atoms with Gasteiger partial charge in [0.05, 0.1) is 32.4 Å². The summed E-state index contributed by atoms with van der Waals surface area (Å²) in [6.45, 7) is 6.43. The number of aromatic nitrogens is 2. The molecule has 0 N–H and O–H groups in total. The minimum Gasteiger partial charge on any atom is -0.377 e. The quantitative estimate of drug-likeness (QED) is 0.812. The van der Waals surface area contributed by atoms with Crippen molar-refractivity contribution in [1.29, 1.82) is 0 Å². The van der Waals surface area contributed by atoms with Crippen LogP contribution in [0.2, 0.25) is 0 Å². The molecule has 2 fully saturated rings. The van der Waals surface area contributed by atoms with Gasteiger partial charge in [-0.1, -0.05) is 13.8 Å². The molecule has 1 aromatic heterocycles. The first kappa shape index (κ1) is 17.1. The molecule has 3 heterocycles. The maximum absolute atomic E-state index is 12.4. The van der Waals surface area contributed by atoms with Crippen LogP contribution in [-0.4, -0.2) is 58.6 Å². The number of ether oxygens (including phenoxy) is 2. The lowest BCUT2D eigenvalue weighted by molar-refractivity contribution is -0.139. The molecule has 2 saturated heterocycles. The minimum atomic E-state index is -0.468. The number of rotatable bonds is 3. The number of hydrogen-bond donors (Lipinski definition) is 0. The van der Waals surface area contributed by atoms with Crippen LogP contribution in [0.15, 0.2) is 23.1 Å². The molecule has 0 saturated carbocycles. The van der Waals surface area contributed by atoms with E-state index >= 15 is 0 Å². The van der Waals surface area contributed by atoms with E-state index in [0.717, 1.165) is 12.8 Å². The van der Waals surface area contributed by atoms with Gasteiger partial charge in [-0.2, -0.15) is 5.10 Å². The number of nitrogens with zero attached hydrogens (tertiary/aromatic N) is 3. The van der Waals surface area contributed by atoms with Gasteiger partial charge in [0.25, 0.3) is 5.56 Å². The van der Waals surface area contributed by atoms with E-state index in [2.05, 4.69) is 5.10 Å². The fourth-order valence-corrected chi connectivity index (χ4v) is 3.42. The first-order chi connectivity index (χ1) is 11.5. The topological polar surface area (TPSA) is 73.7 Å². The minimum absolute atomic E-state index is 0.0376. The average Bonchev–Trinajstić information content (AvgIpc) is 2.82. The standard InChI is InChI=1S/C17H25N3O4/c1-13(2)16(22)19-8-9-23-12-17(11-19)6-5-14(24-17)10-20-15(21)4-3-7-18-20/h3-4,7,13-14H,5-6,8-12H2,1-2H3/t14-,17+/m1/s1. The molecule has 7 heteroatoms. The number of carbonyl (C=O) groups excluding carboxylic acids is 1. The molecule has 2 aliphatic heterocycles. The molecule has 0 unspecified atom stereocenters. The second-order valence-electron chi connectivity index (χ2n) is 6.97. The van der Waals surface area contributed by atoms with Crippen molar-refractivity contribution in [2.24, 2.45) is 5.92 Å². The van der Waals surface area contributed by atoms with E-state index in [1.165, 1.54) is 10.7 Å². The van der Waals surface area contributed by atoms with Crippen LogP contribution in [-0.2, 0) is 20.8 Å². The highest BCUT2D eigenvalue weighted by molar-refractivity contribution is 5.78. The molecule has 0 radical (unpaired) electrons. The SMILES string of the molecule is CC(C)C(=O)N1CCOC[C@]2(CC[C@H](Cn3ncccc3=O)O2)C1. The molecule has 24 heavy (non-hydrogen) atoms. The third-order valence-corrected chi connectivity index (χ3v) is 4.66. The largest absolute Gasteiger partial charge is 0.377 e. The van der Waals surface area contributed by atoms with Gasteiger partial charge in [0.1, 0.15) is 5.60 Å². The van der Waals surface area contributed by atoms with Crippen molar-refractivity contribution in [3.63, 3.8) is 0 Å². The van der Waals surface area contributed by atoms with E-state index in [9.17, 15) is 9.59 Å². The molecule has 3 rings (SSSR count). The maximum atomic E-state index is 12.4. The number of hydrogen-bond acceptors (Lipinski definition) is 5. The lowest BCUT2D eigenvalue weighted by Gasteiger charge is -2.32. The molecule has 1 spiro atoms. The number of amides is 1. The van der Waals surface area contributed by atoms with E-state index < -0.39 is 5.60 Å². The van der Waals surface area contributed by atoms with Crippen LogP contribution in [0.1, 0.15) is 26.7 Å². The average molecular weight is 335 g/mol. The summed E-state index contributed by atoms with van der Waals surface area (Å²) in [5.41, 5.74) is -0.597. The van der Waals surface area contributed by atoms with Crippen LogP contribution >= 0.6 is 0 Å². The number of carbonyl (C=O) groups is 1. The second-order valence-corrected chi connectivity index (χ2v) is 6.97. The molecule has 7 nitrogen and oxygen atoms in total. The van der Waals surface area contributed by atoms with Gasteiger partial charge in [0.15, 0.2) is 0 Å². The summed E-state index contributed by atoms with van der Waals surface area (Å²) in [6, 6.07) is 3.12. The van der Waals surface area contributed by atoms with E-state index in [-0.39, 0.29) is 23.5 Å². The highest BCUT2D eigenvalue weighted by atomic mass is 16.6. The van der Waals surface area contributed by atoms with Crippen LogP contribution in [0.3, 0.4) is 0 Å². The summed E-state index contributed by atoms with van der Waals surface area (Å²) in [7, 11) is 0. The lowest BCUT2D eigenvalue weighted by atomic mass is 9.99. The molecule has 0 aliphatic carbocycles. The van der Waals surface area contributed by atoms with Crippen LogP contribution < -0.4 is 5.56 Å². The van der Waals surface area contributed by atoms with Crippen molar-refractivity contribution in [2.75, 3.05) is 26.3 Å². The van der Waals surface area contributed by atoms with E-state index in [1.807, 2.05) is 18.7 Å². The van der Waals surface area contributed by atoms with Crippen molar-refractivity contribution in [3.8, 4) is 0 Å². The summed E-state index contributed by atoms with van der Waals surface area (Å²) >= 11 is 0. The van der Waals surface area contributed by atoms with Gasteiger partial charge >= 0.3 is 0 Å². The molecule has 2 aliphatic rings. The van der Waals surface area contributed by atoms with Gasteiger partial charge in [-0.3, -0.25) is 9.59 Å². The zero-order chi connectivity index (χ0) is 17.2. The summed E-state index contributed by atoms with van der Waals surface area (Å²) in [5, 5.41) is 4.09. The van der Waals surface area contributed by atoms with E-state index in [1.54, 1.807) is 12.3 Å². The molecule has 1 aromatic rings. The molecule has 0 bridgehead atoms. The van der Waals surface area contributed by atoms with Gasteiger partial charge < -0.3 is 14.4 Å². The Labute approximate surface area is 141 Å². The summed E-state index contributed by atoms with van der Waals surface area (Å²) in [6.07, 6.45) is 3.16. The zero-order valence-electron chi connectivity index (χ0n) is 14.3. The Kier molecular flexibility index (Phi) is 5.01. The van der Waals surface area contributed by atoms with Crippen LogP contribution in [0.25, 0.3) is 0 Å². The second kappa shape index (κ2) is 7.03. The van der Waals surface area contributed by atoms with E-state index in [0.29, 0.717) is 32.8 Å². The Morgan fingerprint density at radius 3 is 3.08 bits per heavy atom. The van der Waals surface area contributed by atoms with Crippen LogP contribution in [0, 0.1) is 5.92 Å². The van der Waals surface area contributed by atoms with Gasteiger partial charge in [-0.25, -0.2) is 4.68 Å². The molecule has 132 valence electrons. The van der Waals surface area contributed by atoms with Crippen LogP contribution in [0.4, 0.5) is 0 Å². The highest BCUT2D eigenvalue weighted by Crippen LogP contribution is 2.33. The third kappa shape index (κ3) is 3.67. The molecule has 1 amide bonds. The van der Waals surface area contributed by atoms with Gasteiger partial charge in [0.2, 0.25) is 5.91 Å². The highest BCUT2D eigenvalue weighted by Gasteiger charge is 2.44. The smallest absolute Gasteiger partial charge is 0.266 e. The molecular weight excluding hydrogens is 310 g/mol. The molecule has 0 aromatic carbocycles. The third-order valence-electron chi connectivity index (χ3n) is 4.66. The molecular formula is C17H25N3O4. The summed E-state index contributed by atoms with van der Waals surface area (Å²) < 4.78 is 13.4. The summed E-state index contributed by atoms with van der Waals surface area (Å²) in [5.74, 6) is 0.0947. The van der Waals surface area contributed by atoms with Crippen LogP contribution in [0.5, 0.6) is 0 Å². The van der Waals surface area contributed by atoms with Gasteiger partial charge in [-0.15, -0.1) is 0 Å². The first-order valence-electron chi connectivity index (χ1n) is 8.56. The Morgan fingerprint density at radius 1 is 1.50 bits per heavy atom. The fourth-order valence-electron chi connectivity index (χ4n) is 3.42. The molecule has 2 atom stereocenters. The first-order valence-corrected chi connectivity index (χ1v) is 8.56. The zero-order valence-corrected chi connectivity index (χ0v) is 14.3. The predicted molar refractivity (Wildman–Crippen MR) is 87.6 cm³/mol. The van der Waals surface area contributed by atoms with E-state index in [4.69, 9.17) is 9.47 Å². The van der Waals surface area contributed by atoms with Crippen molar-refractivity contribution < 1.29 is 14.3 Å². The van der Waals surface area contributed by atoms with Crippen molar-refractivity contribution in [2.45, 2.75) is 44.9 Å². The normalized spacial score (nSPS) is 27.6. The fraction of sp³-hybridized carbons (Fsp3) is 0.706. The Morgan fingerprint density at radius 2 is 2.33 bits per heavy atom. The summed E-state index contributed by atoms with van der Waals surface area (Å²) in [4.78, 5) is 26.0. The maximum Gasteiger partial charge on any atom is 0.266 e. The predicted octanol–water partition coefficient (Wildman–Crippen LogP) is 0.676. The Balaban J connectivity index is 1.69. The van der Waals surface area contributed by atoms with Gasteiger partial charge in [-0.05, 0) is 18.9 Å². The monoisotopic (exact) mass is 335 g/mol. The Hall–Kier alpha value is -1.73. The van der Waals surface area contributed by atoms with Crippen molar-refractivity contribution in [3.05, 3.63) is 28.7 Å². The lowest BCUT2D eigenvalue weighted by Crippen LogP contribution is -2.48. The van der Waals surface area contributed by atoms with Gasteiger partial charge in [0, 0.05) is 24.7 Å². The van der Waals surface area contributed by atoms with Crippen molar-refractivity contribution in [1.82, 2.24) is 14.7 Å².